The lowest BCUT2D eigenvalue weighted by Gasteiger charge is -2.14. The van der Waals surface area contributed by atoms with Gasteiger partial charge in [0.15, 0.2) is 12.3 Å². The van der Waals surface area contributed by atoms with Crippen molar-refractivity contribution in [3.8, 4) is 0 Å². The van der Waals surface area contributed by atoms with Gasteiger partial charge in [0.2, 0.25) is 0 Å². The smallest absolute Gasteiger partial charge is 0.359 e. The largest absolute Gasteiger partial charge is 0.451 e. The molecule has 1 heterocycles. The van der Waals surface area contributed by atoms with Crippen molar-refractivity contribution in [1.82, 2.24) is 10.3 Å². The first-order chi connectivity index (χ1) is 11.4. The van der Waals surface area contributed by atoms with Gasteiger partial charge in [-0.3, -0.25) is 4.79 Å². The van der Waals surface area contributed by atoms with Gasteiger partial charge in [0.1, 0.15) is 0 Å². The van der Waals surface area contributed by atoms with Crippen LogP contribution in [0.1, 0.15) is 29.0 Å². The molecular formula is C16H13Cl3N2O3. The summed E-state index contributed by atoms with van der Waals surface area (Å²) in [5.41, 5.74) is 0.737. The highest BCUT2D eigenvalue weighted by Gasteiger charge is 2.19. The van der Waals surface area contributed by atoms with Gasteiger partial charge in [-0.1, -0.05) is 65.1 Å². The first-order valence-electron chi connectivity index (χ1n) is 6.91. The van der Waals surface area contributed by atoms with E-state index in [-0.39, 0.29) is 26.8 Å². The summed E-state index contributed by atoms with van der Waals surface area (Å²) in [5.74, 6) is -1.31. The van der Waals surface area contributed by atoms with Gasteiger partial charge < -0.3 is 10.1 Å². The molecule has 0 saturated carbocycles. The van der Waals surface area contributed by atoms with E-state index in [0.717, 1.165) is 5.56 Å². The van der Waals surface area contributed by atoms with Crippen LogP contribution in [0.25, 0.3) is 0 Å². The second-order valence-electron chi connectivity index (χ2n) is 4.86. The average Bonchev–Trinajstić information content (AvgIpc) is 2.58. The summed E-state index contributed by atoms with van der Waals surface area (Å²) in [5, 5.41) is 2.72. The summed E-state index contributed by atoms with van der Waals surface area (Å²) in [4.78, 5) is 27.6. The highest BCUT2D eigenvalue weighted by atomic mass is 35.5. The molecule has 0 aliphatic rings. The van der Waals surface area contributed by atoms with Gasteiger partial charge in [-0.2, -0.15) is 0 Å². The Morgan fingerprint density at radius 1 is 1.17 bits per heavy atom. The van der Waals surface area contributed by atoms with Gasteiger partial charge in [0, 0.05) is 6.20 Å². The van der Waals surface area contributed by atoms with Crippen LogP contribution < -0.4 is 5.32 Å². The molecule has 1 amide bonds. The number of nitrogens with one attached hydrogen (secondary N) is 1. The van der Waals surface area contributed by atoms with Crippen molar-refractivity contribution in [3.63, 3.8) is 0 Å². The summed E-state index contributed by atoms with van der Waals surface area (Å²) < 4.78 is 4.90. The molecule has 0 fully saturated rings. The normalized spacial score (nSPS) is 11.7. The number of aromatic nitrogens is 1. The topological polar surface area (TPSA) is 68.3 Å². The molecule has 0 aliphatic heterocycles. The third kappa shape index (κ3) is 4.60. The Bertz CT molecular complexity index is 754. The maximum absolute atomic E-state index is 11.9. The van der Waals surface area contributed by atoms with E-state index in [2.05, 4.69) is 10.3 Å². The Morgan fingerprint density at radius 2 is 1.83 bits per heavy atom. The number of nitrogens with zero attached hydrogens (tertiary/aromatic N) is 1. The Balaban J connectivity index is 1.92. The van der Waals surface area contributed by atoms with Crippen LogP contribution in [0.4, 0.5) is 0 Å². The molecule has 1 atom stereocenters. The van der Waals surface area contributed by atoms with E-state index in [1.807, 2.05) is 37.3 Å². The molecule has 0 radical (unpaired) electrons. The molecule has 2 rings (SSSR count). The average molecular weight is 388 g/mol. The molecule has 126 valence electrons. The molecule has 8 heteroatoms. The quantitative estimate of drug-likeness (QED) is 0.785. The molecule has 0 unspecified atom stereocenters. The number of esters is 1. The molecule has 1 aromatic carbocycles. The van der Waals surface area contributed by atoms with Crippen molar-refractivity contribution in [1.29, 1.82) is 0 Å². The number of ether oxygens (including phenoxy) is 1. The second kappa shape index (κ2) is 8.33. The monoisotopic (exact) mass is 386 g/mol. The van der Waals surface area contributed by atoms with Gasteiger partial charge in [0.05, 0.1) is 21.1 Å². The number of carbonyl (C=O) groups excluding carboxylic acids is 2. The number of amides is 1. The van der Waals surface area contributed by atoms with E-state index in [9.17, 15) is 9.59 Å². The van der Waals surface area contributed by atoms with Crippen LogP contribution >= 0.6 is 34.8 Å². The minimum Gasteiger partial charge on any atom is -0.451 e. The fourth-order valence-electron chi connectivity index (χ4n) is 1.89. The van der Waals surface area contributed by atoms with Crippen molar-refractivity contribution >= 4 is 46.7 Å². The molecule has 0 saturated heterocycles. The molecule has 5 nitrogen and oxygen atoms in total. The van der Waals surface area contributed by atoms with E-state index in [4.69, 9.17) is 39.5 Å². The Hall–Kier alpha value is -1.82. The Labute approximate surface area is 153 Å². The van der Waals surface area contributed by atoms with E-state index >= 15 is 0 Å². The Morgan fingerprint density at radius 3 is 2.50 bits per heavy atom. The predicted octanol–water partition coefficient (Wildman–Crippen LogP) is 4.08. The van der Waals surface area contributed by atoms with Crippen molar-refractivity contribution in [2.45, 2.75) is 13.0 Å². The predicted molar refractivity (Wildman–Crippen MR) is 92.5 cm³/mol. The minimum atomic E-state index is -0.860. The maximum atomic E-state index is 11.9. The second-order valence-corrected chi connectivity index (χ2v) is 6.02. The van der Waals surface area contributed by atoms with E-state index in [0.29, 0.717) is 0 Å². The van der Waals surface area contributed by atoms with Crippen LogP contribution in [0, 0.1) is 0 Å². The van der Waals surface area contributed by atoms with Crippen LogP contribution in [0.3, 0.4) is 0 Å². The molecule has 24 heavy (non-hydrogen) atoms. The van der Waals surface area contributed by atoms with Gasteiger partial charge in [0.25, 0.3) is 5.91 Å². The van der Waals surface area contributed by atoms with Crippen molar-refractivity contribution in [3.05, 3.63) is 62.9 Å². The molecule has 0 aliphatic carbocycles. The standard InChI is InChI=1S/C16H13Cl3N2O3/c1-9(10-5-3-2-4-6-10)21-12(22)8-24-16(23)15-14(19)13(18)11(17)7-20-15/h2-7,9H,8H2,1H3,(H,21,22)/t9-/m1/s1. The number of rotatable bonds is 5. The summed E-state index contributed by atoms with van der Waals surface area (Å²) in [6.07, 6.45) is 1.18. The summed E-state index contributed by atoms with van der Waals surface area (Å²) in [7, 11) is 0. The Kier molecular flexibility index (Phi) is 6.43. The minimum absolute atomic E-state index is 0.00225. The van der Waals surface area contributed by atoms with Crippen LogP contribution in [0.15, 0.2) is 36.5 Å². The first-order valence-corrected chi connectivity index (χ1v) is 8.04. The summed E-state index contributed by atoms with van der Waals surface area (Å²) in [6, 6.07) is 9.18. The lowest BCUT2D eigenvalue weighted by atomic mass is 10.1. The molecular weight excluding hydrogens is 375 g/mol. The summed E-state index contributed by atoms with van der Waals surface area (Å²) in [6.45, 7) is 1.36. The van der Waals surface area contributed by atoms with Gasteiger partial charge in [-0.05, 0) is 12.5 Å². The van der Waals surface area contributed by atoms with Crippen LogP contribution in [-0.2, 0) is 9.53 Å². The molecule has 0 bridgehead atoms. The van der Waals surface area contributed by atoms with Crippen molar-refractivity contribution in [2.75, 3.05) is 6.61 Å². The summed E-state index contributed by atoms with van der Waals surface area (Å²) >= 11 is 17.5. The van der Waals surface area contributed by atoms with Crippen LogP contribution in [-0.4, -0.2) is 23.5 Å². The molecule has 1 aromatic heterocycles. The lowest BCUT2D eigenvalue weighted by molar-refractivity contribution is -0.124. The third-order valence-electron chi connectivity index (χ3n) is 3.12. The number of benzene rings is 1. The maximum Gasteiger partial charge on any atom is 0.359 e. The van der Waals surface area contributed by atoms with Gasteiger partial charge in [-0.25, -0.2) is 9.78 Å². The van der Waals surface area contributed by atoms with Crippen LogP contribution in [0.5, 0.6) is 0 Å². The van der Waals surface area contributed by atoms with Crippen molar-refractivity contribution < 1.29 is 14.3 Å². The number of halogens is 3. The van der Waals surface area contributed by atoms with E-state index < -0.39 is 18.5 Å². The third-order valence-corrected chi connectivity index (χ3v) is 4.36. The zero-order valence-corrected chi connectivity index (χ0v) is 14.8. The van der Waals surface area contributed by atoms with Gasteiger partial charge in [-0.15, -0.1) is 0 Å². The zero-order chi connectivity index (χ0) is 17.7. The highest BCUT2D eigenvalue weighted by molar-refractivity contribution is 6.48. The number of hydrogen-bond acceptors (Lipinski definition) is 4. The SMILES string of the molecule is C[C@@H](NC(=O)COC(=O)c1ncc(Cl)c(Cl)c1Cl)c1ccccc1. The number of hydrogen-bond donors (Lipinski definition) is 1. The van der Waals surface area contributed by atoms with Crippen LogP contribution in [0.2, 0.25) is 15.1 Å². The fraction of sp³-hybridized carbons (Fsp3) is 0.188. The fourth-order valence-corrected chi connectivity index (χ4v) is 2.45. The van der Waals surface area contributed by atoms with Crippen molar-refractivity contribution in [2.24, 2.45) is 0 Å². The molecule has 2 aromatic rings. The first kappa shape index (κ1) is 18.5. The zero-order valence-electron chi connectivity index (χ0n) is 12.6. The highest BCUT2D eigenvalue weighted by Crippen LogP contribution is 2.31. The number of pyridine rings is 1. The van der Waals surface area contributed by atoms with Gasteiger partial charge >= 0.3 is 5.97 Å². The lowest BCUT2D eigenvalue weighted by Crippen LogP contribution is -2.31. The van der Waals surface area contributed by atoms with E-state index in [1.54, 1.807) is 0 Å². The molecule has 0 spiro atoms. The number of carbonyl (C=O) groups is 2. The van der Waals surface area contributed by atoms with E-state index in [1.165, 1.54) is 6.20 Å². The molecule has 1 N–H and O–H groups in total.